The van der Waals surface area contributed by atoms with Crippen molar-refractivity contribution in [2.45, 2.75) is 70.7 Å². The van der Waals surface area contributed by atoms with Crippen molar-refractivity contribution in [1.82, 2.24) is 0 Å². The first-order chi connectivity index (χ1) is 10.1. The van der Waals surface area contributed by atoms with Crippen molar-refractivity contribution in [3.63, 3.8) is 0 Å². The van der Waals surface area contributed by atoms with Gasteiger partial charge in [-0.1, -0.05) is 6.58 Å². The van der Waals surface area contributed by atoms with Crippen LogP contribution in [0.5, 0.6) is 0 Å². The lowest BCUT2D eigenvalue weighted by molar-refractivity contribution is -0.322. The number of hydrogen-bond donors (Lipinski definition) is 2. The molecule has 0 amide bonds. The summed E-state index contributed by atoms with van der Waals surface area (Å²) in [5.41, 5.74) is -1.34. The van der Waals surface area contributed by atoms with Gasteiger partial charge in [-0.05, 0) is 77.0 Å². The molecular weight excluding hydrogens is 280 g/mol. The molecule has 124 valence electrons. The van der Waals surface area contributed by atoms with E-state index in [1.54, 1.807) is 13.8 Å². The van der Waals surface area contributed by atoms with E-state index in [0.29, 0.717) is 23.3 Å². The number of carbonyl (C=O) groups is 1. The Hall–Kier alpha value is -0.870. The number of aliphatic hydroxyl groups is 2. The molecule has 0 aromatic carbocycles. The monoisotopic (exact) mass is 308 g/mol. The maximum atomic E-state index is 12.2. The SMILES string of the molecule is C=C(C)C(=O)OC(C)(C(C)(O)O)C12CC3CC(CC(C3)C1)C2. The van der Waals surface area contributed by atoms with Crippen LogP contribution in [-0.2, 0) is 9.53 Å². The summed E-state index contributed by atoms with van der Waals surface area (Å²) in [5.74, 6) is -0.694. The summed E-state index contributed by atoms with van der Waals surface area (Å²) < 4.78 is 5.71. The Morgan fingerprint density at radius 2 is 1.50 bits per heavy atom. The van der Waals surface area contributed by atoms with Gasteiger partial charge >= 0.3 is 5.97 Å². The molecule has 4 bridgehead atoms. The van der Waals surface area contributed by atoms with Crippen LogP contribution in [0.4, 0.5) is 0 Å². The van der Waals surface area contributed by atoms with Crippen molar-refractivity contribution < 1.29 is 19.7 Å². The van der Waals surface area contributed by atoms with Gasteiger partial charge in [0.1, 0.15) is 0 Å². The first kappa shape index (κ1) is 16.0. The number of ether oxygens (including phenoxy) is 1. The third-order valence-electron chi connectivity index (χ3n) is 6.60. The molecular formula is C18H28O4. The first-order valence-electron chi connectivity index (χ1n) is 8.40. The normalized spacial score (nSPS) is 39.4. The van der Waals surface area contributed by atoms with E-state index in [9.17, 15) is 15.0 Å². The molecule has 0 aromatic rings. The number of carbonyl (C=O) groups excluding carboxylic acids is 1. The van der Waals surface area contributed by atoms with E-state index in [2.05, 4.69) is 6.58 Å². The van der Waals surface area contributed by atoms with E-state index in [1.807, 2.05) is 0 Å². The average Bonchev–Trinajstić information content (AvgIpc) is 2.35. The minimum absolute atomic E-state index is 0.292. The molecule has 0 spiro atoms. The molecule has 0 heterocycles. The minimum Gasteiger partial charge on any atom is -0.450 e. The van der Waals surface area contributed by atoms with Gasteiger partial charge in [-0.3, -0.25) is 0 Å². The Kier molecular flexibility index (Phi) is 3.50. The fraction of sp³-hybridized carbons (Fsp3) is 0.833. The van der Waals surface area contributed by atoms with Gasteiger partial charge in [0.15, 0.2) is 5.60 Å². The summed E-state index contributed by atoms with van der Waals surface area (Å²) in [4.78, 5) is 12.2. The van der Waals surface area contributed by atoms with Crippen LogP contribution >= 0.6 is 0 Å². The van der Waals surface area contributed by atoms with Crippen molar-refractivity contribution in [3.05, 3.63) is 12.2 Å². The molecule has 0 aliphatic heterocycles. The highest BCUT2D eigenvalue weighted by molar-refractivity contribution is 5.87. The van der Waals surface area contributed by atoms with E-state index in [4.69, 9.17) is 4.74 Å². The van der Waals surface area contributed by atoms with E-state index in [-0.39, 0.29) is 5.41 Å². The molecule has 0 saturated heterocycles. The van der Waals surface area contributed by atoms with Crippen LogP contribution in [0.1, 0.15) is 59.3 Å². The van der Waals surface area contributed by atoms with Gasteiger partial charge in [-0.2, -0.15) is 0 Å². The predicted octanol–water partition coefficient (Wildman–Crippen LogP) is 2.78. The van der Waals surface area contributed by atoms with Crippen LogP contribution < -0.4 is 0 Å². The van der Waals surface area contributed by atoms with Crippen molar-refractivity contribution >= 4 is 5.97 Å². The Labute approximate surface area is 132 Å². The molecule has 2 N–H and O–H groups in total. The lowest BCUT2D eigenvalue weighted by atomic mass is 9.44. The zero-order valence-corrected chi connectivity index (χ0v) is 13.9. The minimum atomic E-state index is -2.07. The molecule has 4 aliphatic carbocycles. The third kappa shape index (κ3) is 2.23. The summed E-state index contributed by atoms with van der Waals surface area (Å²) in [6.07, 6.45) is 6.52. The molecule has 4 rings (SSSR count). The molecule has 4 fully saturated rings. The Balaban J connectivity index is 1.99. The lowest BCUT2D eigenvalue weighted by Gasteiger charge is -2.63. The van der Waals surface area contributed by atoms with Crippen molar-refractivity contribution in [1.29, 1.82) is 0 Å². The van der Waals surface area contributed by atoms with Crippen LogP contribution in [0.25, 0.3) is 0 Å². The summed E-state index contributed by atoms with van der Waals surface area (Å²) in [6, 6.07) is 0. The zero-order valence-electron chi connectivity index (χ0n) is 13.9. The van der Waals surface area contributed by atoms with Gasteiger partial charge in [0.25, 0.3) is 0 Å². The second-order valence-electron chi connectivity index (χ2n) is 8.42. The number of rotatable bonds is 4. The largest absolute Gasteiger partial charge is 0.450 e. The zero-order chi connectivity index (χ0) is 16.3. The van der Waals surface area contributed by atoms with Gasteiger partial charge in [0.05, 0.1) is 0 Å². The summed E-state index contributed by atoms with van der Waals surface area (Å²) in [5, 5.41) is 21.0. The van der Waals surface area contributed by atoms with Crippen LogP contribution in [0.15, 0.2) is 12.2 Å². The van der Waals surface area contributed by atoms with Gasteiger partial charge in [0, 0.05) is 11.0 Å². The van der Waals surface area contributed by atoms with Crippen LogP contribution in [0.2, 0.25) is 0 Å². The standard InChI is InChI=1S/C18H28O4/c1-11(2)15(19)22-16(3,17(4,20)21)18-8-12-5-13(9-18)7-14(6-12)10-18/h12-14,20-21H,1,5-10H2,2-4H3. The third-order valence-corrected chi connectivity index (χ3v) is 6.60. The Bertz CT molecular complexity index is 466. The molecule has 0 aromatic heterocycles. The van der Waals surface area contributed by atoms with E-state index >= 15 is 0 Å². The molecule has 1 unspecified atom stereocenters. The maximum absolute atomic E-state index is 12.2. The molecule has 0 radical (unpaired) electrons. The Morgan fingerprint density at radius 3 is 1.82 bits per heavy atom. The fourth-order valence-corrected chi connectivity index (χ4v) is 5.67. The van der Waals surface area contributed by atoms with Crippen LogP contribution in [0.3, 0.4) is 0 Å². The van der Waals surface area contributed by atoms with Gasteiger partial charge in [0.2, 0.25) is 5.79 Å². The highest BCUT2D eigenvalue weighted by Crippen LogP contribution is 2.65. The van der Waals surface area contributed by atoms with Gasteiger partial charge in [-0.25, -0.2) is 4.79 Å². The van der Waals surface area contributed by atoms with E-state index in [1.165, 1.54) is 26.2 Å². The Morgan fingerprint density at radius 1 is 1.09 bits per heavy atom. The summed E-state index contributed by atoms with van der Waals surface area (Å²) in [6.45, 7) is 8.28. The fourth-order valence-electron chi connectivity index (χ4n) is 5.67. The smallest absolute Gasteiger partial charge is 0.333 e. The number of hydrogen-bond acceptors (Lipinski definition) is 4. The molecule has 22 heavy (non-hydrogen) atoms. The summed E-state index contributed by atoms with van der Waals surface area (Å²) >= 11 is 0. The van der Waals surface area contributed by atoms with Crippen LogP contribution in [0, 0.1) is 23.2 Å². The van der Waals surface area contributed by atoms with Crippen molar-refractivity contribution in [2.75, 3.05) is 0 Å². The van der Waals surface area contributed by atoms with Gasteiger partial charge < -0.3 is 14.9 Å². The molecule has 4 saturated carbocycles. The molecule has 1 atom stereocenters. The van der Waals surface area contributed by atoms with Crippen molar-refractivity contribution in [2.24, 2.45) is 23.2 Å². The maximum Gasteiger partial charge on any atom is 0.333 e. The second kappa shape index (κ2) is 4.81. The number of esters is 1. The van der Waals surface area contributed by atoms with E-state index < -0.39 is 17.4 Å². The van der Waals surface area contributed by atoms with Gasteiger partial charge in [-0.15, -0.1) is 0 Å². The van der Waals surface area contributed by atoms with E-state index in [0.717, 1.165) is 19.3 Å². The molecule has 4 aliphatic rings. The quantitative estimate of drug-likeness (QED) is 0.476. The second-order valence-corrected chi connectivity index (χ2v) is 8.42. The lowest BCUT2D eigenvalue weighted by Crippen LogP contribution is -2.67. The first-order valence-corrected chi connectivity index (χ1v) is 8.40. The summed E-state index contributed by atoms with van der Waals surface area (Å²) in [7, 11) is 0. The average molecular weight is 308 g/mol. The molecule has 4 nitrogen and oxygen atoms in total. The van der Waals surface area contributed by atoms with Crippen LogP contribution in [-0.4, -0.2) is 27.6 Å². The highest BCUT2D eigenvalue weighted by Gasteiger charge is 2.66. The predicted molar refractivity (Wildman–Crippen MR) is 82.8 cm³/mol. The highest BCUT2D eigenvalue weighted by atomic mass is 16.6. The molecule has 4 heteroatoms. The van der Waals surface area contributed by atoms with Crippen molar-refractivity contribution in [3.8, 4) is 0 Å². The topological polar surface area (TPSA) is 66.8 Å².